The maximum atomic E-state index is 3.24. The Bertz CT molecular complexity index is 639. The smallest absolute Gasteiger partial charge is 0.0888 e. The minimum atomic E-state index is 0. The van der Waals surface area contributed by atoms with Gasteiger partial charge in [0.15, 0.2) is 0 Å². The number of benzene rings is 2. The van der Waals surface area contributed by atoms with Crippen LogP contribution in [0, 0.1) is 75.5 Å². The molecule has 0 aromatic heterocycles. The minimum Gasteiger partial charge on any atom is -0.0888 e. The third kappa shape index (κ3) is 5.42. The summed E-state index contributed by atoms with van der Waals surface area (Å²) in [4.78, 5) is 0. The van der Waals surface area contributed by atoms with Crippen molar-refractivity contribution in [2.24, 2.45) is 0 Å². The summed E-state index contributed by atoms with van der Waals surface area (Å²) in [7, 11) is 0. The zero-order valence-electron chi connectivity index (χ0n) is 12.6. The van der Waals surface area contributed by atoms with Crippen molar-refractivity contribution in [3.63, 3.8) is 0 Å². The summed E-state index contributed by atoms with van der Waals surface area (Å²) in [6, 6.07) is 14.6. The van der Waals surface area contributed by atoms with Crippen LogP contribution in [0.15, 0.2) is 42.5 Å². The van der Waals surface area contributed by atoms with Gasteiger partial charge in [-0.2, -0.15) is 0 Å². The molecule has 2 aliphatic carbocycles. The summed E-state index contributed by atoms with van der Waals surface area (Å²) in [5.74, 6) is 7.49. The number of fused-ring (bicyclic) bond motifs is 1. The van der Waals surface area contributed by atoms with Crippen LogP contribution < -0.4 is 0 Å². The molecule has 23 heavy (non-hydrogen) atoms. The first kappa shape index (κ1) is 18.1. The van der Waals surface area contributed by atoms with Crippen LogP contribution in [0.25, 0.3) is 10.8 Å². The quantitative estimate of drug-likeness (QED) is 0.487. The minimum absolute atomic E-state index is 0. The Morgan fingerprint density at radius 2 is 1.17 bits per heavy atom. The predicted octanol–water partition coefficient (Wildman–Crippen LogP) is 4.62. The number of rotatable bonds is 0. The summed E-state index contributed by atoms with van der Waals surface area (Å²) in [6.07, 6.45) is 18.1. The molecular weight excluding hydrogens is 320 g/mol. The van der Waals surface area contributed by atoms with E-state index in [2.05, 4.69) is 54.3 Å². The summed E-state index contributed by atoms with van der Waals surface area (Å²) < 4.78 is 0. The van der Waals surface area contributed by atoms with E-state index in [1.165, 1.54) is 10.8 Å². The second-order valence-electron chi connectivity index (χ2n) is 4.91. The van der Waals surface area contributed by atoms with Crippen molar-refractivity contribution >= 4 is 10.8 Å². The normalized spacial score (nSPS) is 16.9. The molecule has 0 atom stereocenters. The maximum Gasteiger partial charge on any atom is 2.00 e. The van der Waals surface area contributed by atoms with Gasteiger partial charge in [0.25, 0.3) is 0 Å². The van der Waals surface area contributed by atoms with Gasteiger partial charge in [0.1, 0.15) is 0 Å². The molecular formula is C22H16Fe+2. The van der Waals surface area contributed by atoms with E-state index >= 15 is 0 Å². The Labute approximate surface area is 151 Å². The zero-order chi connectivity index (χ0) is 15.0. The van der Waals surface area contributed by atoms with Crippen LogP contribution in [0.3, 0.4) is 0 Å². The summed E-state index contributed by atoms with van der Waals surface area (Å²) in [5.41, 5.74) is 1.09. The second-order valence-corrected chi connectivity index (χ2v) is 4.91. The number of hydrogen-bond acceptors (Lipinski definition) is 0. The Kier molecular flexibility index (Phi) is 7.73. The first-order valence-electron chi connectivity index (χ1n) is 7.32. The van der Waals surface area contributed by atoms with Crippen molar-refractivity contribution in [1.82, 2.24) is 0 Å². The fraction of sp³-hybridized carbons (Fsp3) is 0. The van der Waals surface area contributed by atoms with Crippen molar-refractivity contribution in [3.8, 4) is 11.8 Å². The van der Waals surface area contributed by atoms with Crippen molar-refractivity contribution in [2.75, 3.05) is 0 Å². The van der Waals surface area contributed by atoms with Gasteiger partial charge in [0, 0.05) is 5.56 Å². The van der Waals surface area contributed by atoms with Crippen molar-refractivity contribution in [2.45, 2.75) is 0 Å². The van der Waals surface area contributed by atoms with Gasteiger partial charge < -0.3 is 0 Å². The fourth-order valence-electron chi connectivity index (χ4n) is 2.25. The van der Waals surface area contributed by atoms with Crippen LogP contribution in [-0.4, -0.2) is 0 Å². The molecule has 0 heterocycles. The first-order chi connectivity index (χ1) is 10.9. The summed E-state index contributed by atoms with van der Waals surface area (Å²) >= 11 is 0. The van der Waals surface area contributed by atoms with E-state index in [4.69, 9.17) is 0 Å². The standard InChI is InChI=1S/C17H11.C5H5.Fe/c1-2-7-14(6-1)12-13-16-10-5-9-15-8-3-4-11-17(15)16;1-2-4-5-3-1;/h1-11H;1-5H;/q;;+2. The monoisotopic (exact) mass is 336 g/mol. The van der Waals surface area contributed by atoms with Crippen LogP contribution in [0.4, 0.5) is 0 Å². The van der Waals surface area contributed by atoms with Crippen LogP contribution >= 0.6 is 0 Å². The third-order valence-electron chi connectivity index (χ3n) is 3.35. The van der Waals surface area contributed by atoms with Crippen molar-refractivity contribution < 1.29 is 17.1 Å². The van der Waals surface area contributed by atoms with Gasteiger partial charge in [-0.3, -0.25) is 0 Å². The largest absolute Gasteiger partial charge is 2.00 e. The molecule has 2 fully saturated rings. The predicted molar refractivity (Wildman–Crippen MR) is 92.8 cm³/mol. The molecule has 0 spiro atoms. The van der Waals surface area contributed by atoms with Crippen molar-refractivity contribution in [1.29, 1.82) is 0 Å². The second kappa shape index (κ2) is 9.82. The van der Waals surface area contributed by atoms with E-state index in [-0.39, 0.29) is 17.1 Å². The Balaban J connectivity index is 0.000000276. The summed E-state index contributed by atoms with van der Waals surface area (Å²) in [6.45, 7) is 0. The molecule has 0 aliphatic heterocycles. The number of hydrogen-bond donors (Lipinski definition) is 0. The molecule has 0 N–H and O–H groups in total. The molecule has 0 amide bonds. The van der Waals surface area contributed by atoms with E-state index in [0.717, 1.165) is 11.5 Å². The first-order valence-corrected chi connectivity index (χ1v) is 7.32. The van der Waals surface area contributed by atoms with Gasteiger partial charge in [-0.05, 0) is 74.6 Å². The average Bonchev–Trinajstić information content (AvgIpc) is 3.28. The average molecular weight is 336 g/mol. The van der Waals surface area contributed by atoms with Crippen LogP contribution in [0.2, 0.25) is 0 Å². The van der Waals surface area contributed by atoms with E-state index in [1.807, 2.05) is 57.8 Å². The molecule has 0 saturated heterocycles. The Hall–Kier alpha value is -1.22. The molecule has 0 unspecified atom stereocenters. The van der Waals surface area contributed by atoms with Crippen LogP contribution in [-0.2, 0) is 17.1 Å². The zero-order valence-corrected chi connectivity index (χ0v) is 13.7. The van der Waals surface area contributed by atoms with Gasteiger partial charge in [-0.15, -0.1) is 0 Å². The van der Waals surface area contributed by atoms with Crippen molar-refractivity contribution in [3.05, 3.63) is 112 Å². The van der Waals surface area contributed by atoms with E-state index in [9.17, 15) is 0 Å². The molecule has 2 aromatic carbocycles. The molecule has 2 aromatic rings. The molecule has 10 radical (unpaired) electrons. The summed E-state index contributed by atoms with van der Waals surface area (Å²) in [5, 5.41) is 2.45. The molecule has 2 aliphatic rings. The fourth-order valence-corrected chi connectivity index (χ4v) is 2.25. The molecule has 110 valence electrons. The van der Waals surface area contributed by atoms with E-state index in [0.29, 0.717) is 0 Å². The molecule has 0 nitrogen and oxygen atoms in total. The Morgan fingerprint density at radius 3 is 1.87 bits per heavy atom. The topological polar surface area (TPSA) is 0 Å². The van der Waals surface area contributed by atoms with Crippen LogP contribution in [0.5, 0.6) is 0 Å². The molecule has 2 saturated carbocycles. The van der Waals surface area contributed by atoms with Crippen LogP contribution in [0.1, 0.15) is 5.56 Å². The maximum absolute atomic E-state index is 3.24. The van der Waals surface area contributed by atoms with Gasteiger partial charge in [-0.25, -0.2) is 0 Å². The molecule has 4 rings (SSSR count). The van der Waals surface area contributed by atoms with Gasteiger partial charge in [0.05, 0.1) is 5.92 Å². The van der Waals surface area contributed by atoms with Gasteiger partial charge >= 0.3 is 17.1 Å². The SMILES string of the molecule is C(#Cc1cccc2ccccc12)[C]1[CH][CH][CH][CH]1.[CH]1[CH][CH][CH][CH]1.[Fe+2]. The van der Waals surface area contributed by atoms with E-state index < -0.39 is 0 Å². The molecule has 0 bridgehead atoms. The van der Waals surface area contributed by atoms with Gasteiger partial charge in [-0.1, -0.05) is 48.2 Å². The van der Waals surface area contributed by atoms with Gasteiger partial charge in [0.2, 0.25) is 0 Å². The Morgan fingerprint density at radius 1 is 0.565 bits per heavy atom. The van der Waals surface area contributed by atoms with E-state index in [1.54, 1.807) is 0 Å². The third-order valence-corrected chi connectivity index (χ3v) is 3.35. The molecule has 1 heteroatoms.